The van der Waals surface area contributed by atoms with Crippen molar-refractivity contribution in [3.63, 3.8) is 0 Å². The molecule has 0 bridgehead atoms. The Bertz CT molecular complexity index is 1310. The first kappa shape index (κ1) is 21.8. The van der Waals surface area contributed by atoms with Crippen LogP contribution >= 0.6 is 0 Å². The molecular weight excluding hydrogens is 426 g/mol. The molecule has 2 amide bonds. The molecule has 1 saturated carbocycles. The number of anilines is 2. The first-order chi connectivity index (χ1) is 16.5. The predicted molar refractivity (Wildman–Crippen MR) is 133 cm³/mol. The van der Waals surface area contributed by atoms with Crippen LogP contribution in [0.5, 0.6) is 0 Å². The van der Waals surface area contributed by atoms with Crippen molar-refractivity contribution in [3.8, 4) is 11.4 Å². The molecule has 3 N–H and O–H groups in total. The Morgan fingerprint density at radius 1 is 0.941 bits per heavy atom. The average molecular weight is 454 g/mol. The maximum atomic E-state index is 12.6. The summed E-state index contributed by atoms with van der Waals surface area (Å²) in [4.78, 5) is 37.2. The molecule has 1 fully saturated rings. The van der Waals surface area contributed by atoms with Crippen LogP contribution in [0, 0.1) is 11.8 Å². The van der Waals surface area contributed by atoms with Crippen LogP contribution in [0.4, 0.5) is 11.5 Å². The number of imidazole rings is 1. The van der Waals surface area contributed by atoms with Gasteiger partial charge in [0.15, 0.2) is 0 Å². The highest BCUT2D eigenvalue weighted by Gasteiger charge is 2.24. The maximum absolute atomic E-state index is 12.6. The van der Waals surface area contributed by atoms with E-state index in [4.69, 9.17) is 0 Å². The number of fused-ring (bicyclic) bond motifs is 1. The molecule has 0 radical (unpaired) electrons. The third-order valence-electron chi connectivity index (χ3n) is 6.46. The van der Waals surface area contributed by atoms with Crippen molar-refractivity contribution in [1.29, 1.82) is 0 Å². The van der Waals surface area contributed by atoms with Gasteiger partial charge in [0.1, 0.15) is 11.6 Å². The first-order valence-corrected chi connectivity index (χ1v) is 11.7. The number of carbonyl (C=O) groups is 2. The van der Waals surface area contributed by atoms with Crippen molar-refractivity contribution in [2.24, 2.45) is 11.8 Å². The molecule has 0 aliphatic heterocycles. The second-order valence-corrected chi connectivity index (χ2v) is 9.01. The number of pyridine rings is 1. The Morgan fingerprint density at radius 3 is 2.47 bits per heavy atom. The van der Waals surface area contributed by atoms with Crippen LogP contribution in [0.25, 0.3) is 22.4 Å². The van der Waals surface area contributed by atoms with E-state index in [0.717, 1.165) is 48.4 Å². The highest BCUT2D eigenvalue weighted by molar-refractivity contribution is 6.05. The highest BCUT2D eigenvalue weighted by atomic mass is 16.2. The van der Waals surface area contributed by atoms with E-state index in [2.05, 4.69) is 32.5 Å². The lowest BCUT2D eigenvalue weighted by Crippen LogP contribution is -2.26. The smallest absolute Gasteiger partial charge is 0.256 e. The fourth-order valence-corrected chi connectivity index (χ4v) is 4.39. The zero-order valence-corrected chi connectivity index (χ0v) is 19.0. The first-order valence-electron chi connectivity index (χ1n) is 11.7. The number of hydrogen-bond donors (Lipinski definition) is 3. The Morgan fingerprint density at radius 2 is 1.74 bits per heavy atom. The Balaban J connectivity index is 1.27. The lowest BCUT2D eigenvalue weighted by Gasteiger charge is -2.25. The minimum atomic E-state index is -0.238. The minimum absolute atomic E-state index is 0.107. The number of H-pyrrole nitrogens is 1. The topological polar surface area (TPSA) is 99.8 Å². The zero-order valence-electron chi connectivity index (χ0n) is 19.0. The zero-order chi connectivity index (χ0) is 23.5. The number of amides is 2. The van der Waals surface area contributed by atoms with Crippen LogP contribution in [0.3, 0.4) is 0 Å². The van der Waals surface area contributed by atoms with Gasteiger partial charge in [-0.3, -0.25) is 9.59 Å². The molecule has 172 valence electrons. The Labute approximate surface area is 198 Å². The molecule has 7 nitrogen and oxygen atoms in total. The van der Waals surface area contributed by atoms with Gasteiger partial charge in [-0.05, 0) is 86.2 Å². The lowest BCUT2D eigenvalue weighted by molar-refractivity contribution is -0.121. The van der Waals surface area contributed by atoms with E-state index in [1.165, 1.54) is 0 Å². The van der Waals surface area contributed by atoms with Crippen molar-refractivity contribution in [3.05, 3.63) is 72.4 Å². The van der Waals surface area contributed by atoms with E-state index in [1.54, 1.807) is 30.5 Å². The van der Waals surface area contributed by atoms with Crippen LogP contribution in [0.2, 0.25) is 0 Å². The molecule has 0 atom stereocenters. The van der Waals surface area contributed by atoms with Crippen LogP contribution in [-0.2, 0) is 4.79 Å². The van der Waals surface area contributed by atoms with Gasteiger partial charge in [0.2, 0.25) is 5.91 Å². The van der Waals surface area contributed by atoms with E-state index in [9.17, 15) is 9.59 Å². The van der Waals surface area contributed by atoms with Gasteiger partial charge in [0, 0.05) is 28.9 Å². The van der Waals surface area contributed by atoms with Crippen molar-refractivity contribution >= 4 is 34.4 Å². The summed E-state index contributed by atoms with van der Waals surface area (Å²) < 4.78 is 0. The van der Waals surface area contributed by atoms with Gasteiger partial charge in [-0.15, -0.1) is 0 Å². The summed E-state index contributed by atoms with van der Waals surface area (Å²) in [5.74, 6) is 1.91. The average Bonchev–Trinajstić information content (AvgIpc) is 3.29. The number of nitrogens with one attached hydrogen (secondary N) is 3. The molecule has 34 heavy (non-hydrogen) atoms. The SMILES string of the molecule is CC1CCC(C(=O)Nc2ccc(-c3nc4cc(C(=O)Nc5ccccn5)ccc4[nH]3)cc2)CC1. The van der Waals surface area contributed by atoms with Crippen LogP contribution < -0.4 is 10.6 Å². The largest absolute Gasteiger partial charge is 0.338 e. The van der Waals surface area contributed by atoms with Gasteiger partial charge in [-0.2, -0.15) is 0 Å². The van der Waals surface area contributed by atoms with Gasteiger partial charge in [-0.1, -0.05) is 13.0 Å². The summed E-state index contributed by atoms with van der Waals surface area (Å²) >= 11 is 0. The Kier molecular flexibility index (Phi) is 6.08. The fourth-order valence-electron chi connectivity index (χ4n) is 4.39. The number of carbonyl (C=O) groups excluding carboxylic acids is 2. The molecule has 0 saturated heterocycles. The number of rotatable bonds is 5. The maximum Gasteiger partial charge on any atom is 0.256 e. The van der Waals surface area contributed by atoms with E-state index in [1.807, 2.05) is 36.4 Å². The second-order valence-electron chi connectivity index (χ2n) is 9.01. The molecule has 1 aliphatic carbocycles. The lowest BCUT2D eigenvalue weighted by atomic mass is 9.82. The summed E-state index contributed by atoms with van der Waals surface area (Å²) in [5.41, 5.74) is 3.74. The van der Waals surface area contributed by atoms with Gasteiger partial charge >= 0.3 is 0 Å². The number of nitrogens with zero attached hydrogens (tertiary/aromatic N) is 2. The molecule has 0 unspecified atom stereocenters. The molecule has 7 heteroatoms. The van der Waals surface area contributed by atoms with E-state index >= 15 is 0 Å². The molecular formula is C27H27N5O2. The predicted octanol–water partition coefficient (Wildman–Crippen LogP) is 5.64. The molecule has 5 rings (SSSR count). The summed E-state index contributed by atoms with van der Waals surface area (Å²) in [6.07, 6.45) is 5.80. The minimum Gasteiger partial charge on any atom is -0.338 e. The second kappa shape index (κ2) is 9.47. The molecule has 0 spiro atoms. The van der Waals surface area contributed by atoms with E-state index in [-0.39, 0.29) is 17.7 Å². The van der Waals surface area contributed by atoms with Crippen LogP contribution in [0.15, 0.2) is 66.9 Å². The summed E-state index contributed by atoms with van der Waals surface area (Å²) in [7, 11) is 0. The standard InChI is InChI=1S/C27H27N5O2/c1-17-5-7-19(8-6-17)26(33)29-21-12-9-18(10-13-21)25-30-22-14-11-20(16-23(22)31-25)27(34)32-24-4-2-3-15-28-24/h2-4,9-17,19H,5-8H2,1H3,(H,29,33)(H,30,31)(H,28,32,34). The van der Waals surface area contributed by atoms with Crippen molar-refractivity contribution in [2.45, 2.75) is 32.6 Å². The van der Waals surface area contributed by atoms with Gasteiger partial charge in [-0.25, -0.2) is 9.97 Å². The molecule has 4 aromatic rings. The van der Waals surface area contributed by atoms with Gasteiger partial charge < -0.3 is 15.6 Å². The molecule has 2 heterocycles. The summed E-state index contributed by atoms with van der Waals surface area (Å²) in [6, 6.07) is 18.4. The quantitative estimate of drug-likeness (QED) is 0.364. The monoisotopic (exact) mass is 453 g/mol. The van der Waals surface area contributed by atoms with Gasteiger partial charge in [0.25, 0.3) is 5.91 Å². The van der Waals surface area contributed by atoms with Crippen molar-refractivity contribution < 1.29 is 9.59 Å². The number of hydrogen-bond acceptors (Lipinski definition) is 4. The molecule has 2 aromatic carbocycles. The summed E-state index contributed by atoms with van der Waals surface area (Å²) in [6.45, 7) is 2.25. The Hall–Kier alpha value is -4.00. The van der Waals surface area contributed by atoms with Gasteiger partial charge in [0.05, 0.1) is 11.0 Å². The highest BCUT2D eigenvalue weighted by Crippen LogP contribution is 2.29. The number of benzene rings is 2. The normalized spacial score (nSPS) is 17.9. The fraction of sp³-hybridized carbons (Fsp3) is 0.259. The summed E-state index contributed by atoms with van der Waals surface area (Å²) in [5, 5.41) is 5.84. The number of aromatic nitrogens is 3. The van der Waals surface area contributed by atoms with Crippen LogP contribution in [0.1, 0.15) is 43.0 Å². The number of aromatic amines is 1. The van der Waals surface area contributed by atoms with Crippen LogP contribution in [-0.4, -0.2) is 26.8 Å². The third-order valence-corrected chi connectivity index (χ3v) is 6.46. The molecule has 2 aromatic heterocycles. The molecule has 1 aliphatic rings. The van der Waals surface area contributed by atoms with E-state index < -0.39 is 0 Å². The third kappa shape index (κ3) is 4.83. The van der Waals surface area contributed by atoms with E-state index in [0.29, 0.717) is 22.7 Å². The van der Waals surface area contributed by atoms with Crippen molar-refractivity contribution in [1.82, 2.24) is 15.0 Å². The van der Waals surface area contributed by atoms with Crippen molar-refractivity contribution in [2.75, 3.05) is 10.6 Å².